The van der Waals surface area contributed by atoms with Gasteiger partial charge in [0.2, 0.25) is 0 Å². The number of ether oxygens (including phenoxy) is 3. The van der Waals surface area contributed by atoms with Crippen LogP contribution in [0, 0.1) is 0 Å². The first-order valence-corrected chi connectivity index (χ1v) is 7.09. The van der Waals surface area contributed by atoms with Crippen molar-refractivity contribution in [2.75, 3.05) is 13.2 Å². The Morgan fingerprint density at radius 2 is 1.75 bits per heavy atom. The highest BCUT2D eigenvalue weighted by Gasteiger charge is 2.39. The van der Waals surface area contributed by atoms with Gasteiger partial charge in [-0.2, -0.15) is 0 Å². The molecule has 0 amide bonds. The molecule has 2 rings (SSSR count). The largest absolute Gasteiger partial charge is 0.394 e. The van der Waals surface area contributed by atoms with Crippen LogP contribution in [0.15, 0.2) is 0 Å². The second-order valence-corrected chi connectivity index (χ2v) is 5.50. The van der Waals surface area contributed by atoms with Crippen LogP contribution in [0.1, 0.15) is 26.2 Å². The molecule has 0 bridgehead atoms. The number of hydrogen-bond acceptors (Lipinski definition) is 7. The molecule has 2 aliphatic rings. The van der Waals surface area contributed by atoms with Gasteiger partial charge in [0, 0.05) is 6.42 Å². The Morgan fingerprint density at radius 3 is 2.40 bits per heavy atom. The highest BCUT2D eigenvalue weighted by Crippen LogP contribution is 2.27. The highest BCUT2D eigenvalue weighted by atomic mass is 16.7. The average molecular weight is 292 g/mol. The molecule has 7 atom stereocenters. The molecular formula is C13H24O7. The van der Waals surface area contributed by atoms with Crippen LogP contribution < -0.4 is 0 Å². The molecule has 118 valence electrons. The van der Waals surface area contributed by atoms with Crippen molar-refractivity contribution in [3.63, 3.8) is 0 Å². The summed E-state index contributed by atoms with van der Waals surface area (Å²) in [5, 5.41) is 37.8. The van der Waals surface area contributed by atoms with E-state index in [2.05, 4.69) is 0 Å². The monoisotopic (exact) mass is 292 g/mol. The van der Waals surface area contributed by atoms with Crippen LogP contribution in [0.25, 0.3) is 0 Å². The van der Waals surface area contributed by atoms with Gasteiger partial charge >= 0.3 is 0 Å². The van der Waals surface area contributed by atoms with Crippen molar-refractivity contribution in [1.82, 2.24) is 0 Å². The van der Waals surface area contributed by atoms with Crippen LogP contribution in [0.2, 0.25) is 0 Å². The molecule has 2 fully saturated rings. The van der Waals surface area contributed by atoms with E-state index in [0.29, 0.717) is 0 Å². The van der Waals surface area contributed by atoms with Crippen molar-refractivity contribution in [2.45, 2.75) is 69.1 Å². The van der Waals surface area contributed by atoms with E-state index in [4.69, 9.17) is 19.3 Å². The van der Waals surface area contributed by atoms with Crippen LogP contribution in [-0.4, -0.2) is 76.6 Å². The molecule has 0 aromatic heterocycles. The smallest absolute Gasteiger partial charge is 0.161 e. The summed E-state index contributed by atoms with van der Waals surface area (Å²) in [5.74, 6) is 0. The Labute approximate surface area is 118 Å². The summed E-state index contributed by atoms with van der Waals surface area (Å²) in [6, 6.07) is 0. The molecule has 4 N–H and O–H groups in total. The molecule has 7 heteroatoms. The third-order valence-electron chi connectivity index (χ3n) is 3.90. The van der Waals surface area contributed by atoms with Crippen LogP contribution in [0.3, 0.4) is 0 Å². The zero-order valence-electron chi connectivity index (χ0n) is 11.6. The van der Waals surface area contributed by atoms with Gasteiger partial charge in [-0.05, 0) is 19.8 Å². The van der Waals surface area contributed by atoms with E-state index in [1.165, 1.54) is 0 Å². The zero-order valence-corrected chi connectivity index (χ0v) is 11.6. The Morgan fingerprint density at radius 1 is 1.05 bits per heavy atom. The maximum absolute atomic E-state index is 9.74. The number of hydrogen-bond donors (Lipinski definition) is 4. The van der Waals surface area contributed by atoms with E-state index in [9.17, 15) is 15.3 Å². The summed E-state index contributed by atoms with van der Waals surface area (Å²) in [5.41, 5.74) is 0. The fraction of sp³-hybridized carbons (Fsp3) is 1.00. The van der Waals surface area contributed by atoms with Crippen molar-refractivity contribution in [1.29, 1.82) is 0 Å². The first kappa shape index (κ1) is 16.1. The maximum Gasteiger partial charge on any atom is 0.161 e. The van der Waals surface area contributed by atoms with Crippen LogP contribution in [-0.2, 0) is 14.2 Å². The molecule has 2 aliphatic heterocycles. The first-order valence-electron chi connectivity index (χ1n) is 7.09. The lowest BCUT2D eigenvalue weighted by Crippen LogP contribution is -2.52. The summed E-state index contributed by atoms with van der Waals surface area (Å²) < 4.78 is 16.8. The fourth-order valence-electron chi connectivity index (χ4n) is 2.70. The Kier molecular flexibility index (Phi) is 5.74. The third-order valence-corrected chi connectivity index (χ3v) is 3.90. The van der Waals surface area contributed by atoms with E-state index in [0.717, 1.165) is 12.8 Å². The van der Waals surface area contributed by atoms with Gasteiger partial charge in [-0.3, -0.25) is 0 Å². The van der Waals surface area contributed by atoms with Gasteiger partial charge in [-0.25, -0.2) is 0 Å². The maximum atomic E-state index is 9.74. The molecule has 0 aromatic carbocycles. The summed E-state index contributed by atoms with van der Waals surface area (Å²) >= 11 is 0. The van der Waals surface area contributed by atoms with Crippen LogP contribution >= 0.6 is 0 Å². The normalized spacial score (nSPS) is 46.4. The second kappa shape index (κ2) is 7.13. The molecule has 2 saturated heterocycles. The van der Waals surface area contributed by atoms with Crippen molar-refractivity contribution < 1.29 is 34.6 Å². The zero-order chi connectivity index (χ0) is 14.7. The lowest BCUT2D eigenvalue weighted by atomic mass is 10.00. The van der Waals surface area contributed by atoms with Crippen molar-refractivity contribution in [2.24, 2.45) is 0 Å². The van der Waals surface area contributed by atoms with Gasteiger partial charge < -0.3 is 34.6 Å². The van der Waals surface area contributed by atoms with Gasteiger partial charge in [0.15, 0.2) is 6.29 Å². The van der Waals surface area contributed by atoms with Gasteiger partial charge in [0.05, 0.1) is 31.5 Å². The van der Waals surface area contributed by atoms with Crippen molar-refractivity contribution in [3.8, 4) is 0 Å². The molecule has 2 unspecified atom stereocenters. The topological polar surface area (TPSA) is 109 Å². The Bertz CT molecular complexity index is 300. The summed E-state index contributed by atoms with van der Waals surface area (Å²) in [6.07, 6.45) is -2.67. The van der Waals surface area contributed by atoms with Gasteiger partial charge in [-0.1, -0.05) is 0 Å². The number of aliphatic hydroxyl groups is 4. The highest BCUT2D eigenvalue weighted by molar-refractivity contribution is 4.84. The van der Waals surface area contributed by atoms with Crippen LogP contribution in [0.5, 0.6) is 0 Å². The molecule has 0 aliphatic carbocycles. The summed E-state index contributed by atoms with van der Waals surface area (Å²) in [6.45, 7) is 1.41. The molecule has 0 radical (unpaired) electrons. The quantitative estimate of drug-likeness (QED) is 0.513. The minimum absolute atomic E-state index is 0.0804. The third kappa shape index (κ3) is 3.67. The molecule has 2 heterocycles. The Balaban J connectivity index is 1.92. The van der Waals surface area contributed by atoms with Crippen LogP contribution in [0.4, 0.5) is 0 Å². The lowest BCUT2D eigenvalue weighted by molar-refractivity contribution is -0.288. The molecular weight excluding hydrogens is 268 g/mol. The van der Waals surface area contributed by atoms with Crippen molar-refractivity contribution >= 4 is 0 Å². The fourth-order valence-corrected chi connectivity index (χ4v) is 2.70. The van der Waals surface area contributed by atoms with Gasteiger partial charge in [0.1, 0.15) is 18.3 Å². The molecule has 7 nitrogen and oxygen atoms in total. The summed E-state index contributed by atoms with van der Waals surface area (Å²) in [4.78, 5) is 0. The first-order chi connectivity index (χ1) is 9.55. The van der Waals surface area contributed by atoms with Gasteiger partial charge in [-0.15, -0.1) is 0 Å². The number of rotatable bonds is 4. The van der Waals surface area contributed by atoms with E-state index in [1.807, 2.05) is 6.92 Å². The van der Waals surface area contributed by atoms with Crippen molar-refractivity contribution in [3.05, 3.63) is 0 Å². The standard InChI is InChI=1S/C13H24O7/c1-7-2-3-9(10(5-14)18-7)19-12-4-8(16)13(17)11(6-15)20-12/h7-17H,2-6H2,1H3/t7?,8-,9+,10-,11-,12?,13+/m1/s1. The summed E-state index contributed by atoms with van der Waals surface area (Å²) in [7, 11) is 0. The van der Waals surface area contributed by atoms with E-state index in [-0.39, 0.29) is 31.8 Å². The second-order valence-electron chi connectivity index (χ2n) is 5.50. The lowest BCUT2D eigenvalue weighted by Gasteiger charge is -2.40. The van der Waals surface area contributed by atoms with E-state index >= 15 is 0 Å². The average Bonchev–Trinajstić information content (AvgIpc) is 2.44. The minimum atomic E-state index is -1.11. The van der Waals surface area contributed by atoms with E-state index in [1.54, 1.807) is 0 Å². The van der Waals surface area contributed by atoms with E-state index < -0.39 is 30.7 Å². The SMILES string of the molecule is CC1CC[C@H](OC2C[C@@H](O)[C@H](O)[C@@H](CO)O2)[C@@H](CO)O1. The number of aliphatic hydroxyl groups excluding tert-OH is 4. The molecule has 0 spiro atoms. The minimum Gasteiger partial charge on any atom is -0.394 e. The molecule has 20 heavy (non-hydrogen) atoms. The Hall–Kier alpha value is -0.280. The predicted octanol–water partition coefficient (Wildman–Crippen LogP) is -1.24. The predicted molar refractivity (Wildman–Crippen MR) is 67.9 cm³/mol. The molecule has 0 saturated carbocycles. The van der Waals surface area contributed by atoms with Gasteiger partial charge in [0.25, 0.3) is 0 Å². The molecule has 0 aromatic rings.